The third-order valence-corrected chi connectivity index (χ3v) is 12.7. The zero-order chi connectivity index (χ0) is 51.9. The molecule has 0 saturated carbocycles. The lowest BCUT2D eigenvalue weighted by atomic mass is 9.95. The Kier molecular flexibility index (Phi) is 15.7. The maximum absolute atomic E-state index is 12.8. The number of ether oxygens (including phenoxy) is 8. The van der Waals surface area contributed by atoms with Gasteiger partial charge in [-0.2, -0.15) is 0 Å². The third-order valence-electron chi connectivity index (χ3n) is 12.7. The summed E-state index contributed by atoms with van der Waals surface area (Å²) in [5, 5.41) is 140. The highest BCUT2D eigenvalue weighted by Crippen LogP contribution is 2.44. The summed E-state index contributed by atoms with van der Waals surface area (Å²) in [4.78, 5) is 25.4. The zero-order valence-corrected chi connectivity index (χ0v) is 37.9. The quantitative estimate of drug-likeness (QED) is 0.0889. The van der Waals surface area contributed by atoms with Gasteiger partial charge in [0.15, 0.2) is 17.9 Å². The van der Waals surface area contributed by atoms with Gasteiger partial charge in [0.2, 0.25) is 12.6 Å². The lowest BCUT2D eigenvalue weighted by Gasteiger charge is -2.42. The van der Waals surface area contributed by atoms with Gasteiger partial charge in [0.1, 0.15) is 136 Å². The van der Waals surface area contributed by atoms with E-state index >= 15 is 0 Å². The smallest absolute Gasteiger partial charge is 0.229 e. The average Bonchev–Trinajstić information content (AvgIpc) is 3.34. The Labute approximate surface area is 408 Å². The van der Waals surface area contributed by atoms with E-state index in [4.69, 9.17) is 37.9 Å². The number of phenolic OH excluding ortho intramolecular Hbond substituents is 4. The molecule has 0 aliphatic carbocycles. The first-order valence-electron chi connectivity index (χ1n) is 22.6. The first-order valence-corrected chi connectivity index (χ1v) is 22.6. The van der Waals surface area contributed by atoms with Crippen LogP contribution >= 0.6 is 0 Å². The number of phenols is 4. The zero-order valence-electron chi connectivity index (χ0n) is 37.9. The van der Waals surface area contributed by atoms with Crippen LogP contribution in [0.3, 0.4) is 0 Å². The molecule has 3 saturated heterocycles. The highest BCUT2D eigenvalue weighted by molar-refractivity contribution is 6.03. The molecule has 390 valence electrons. The van der Waals surface area contributed by atoms with Crippen LogP contribution in [0.4, 0.5) is 0 Å². The number of hydrogen-bond acceptors (Lipinski definition) is 24. The van der Waals surface area contributed by atoms with Crippen LogP contribution in [0, 0.1) is 0 Å². The summed E-state index contributed by atoms with van der Waals surface area (Å²) < 4.78 is 44.7. The Hall–Kier alpha value is -5.94. The van der Waals surface area contributed by atoms with Gasteiger partial charge in [-0.3, -0.25) is 9.59 Å². The van der Waals surface area contributed by atoms with Crippen molar-refractivity contribution in [3.63, 3.8) is 0 Å². The molecule has 5 aliphatic heterocycles. The summed E-state index contributed by atoms with van der Waals surface area (Å²) in [5.74, 6) is -1.55. The van der Waals surface area contributed by atoms with E-state index in [1.807, 2.05) is 0 Å². The van der Waals surface area contributed by atoms with Crippen LogP contribution in [0.25, 0.3) is 0 Å². The molecule has 0 aromatic heterocycles. The second-order valence-electron chi connectivity index (χ2n) is 17.7. The Balaban J connectivity index is 0.000000200. The summed E-state index contributed by atoms with van der Waals surface area (Å²) in [6, 6.07) is 17.2. The fraction of sp³-hybridized carbons (Fsp3) is 0.458. The predicted molar refractivity (Wildman–Crippen MR) is 237 cm³/mol. The maximum Gasteiger partial charge on any atom is 0.229 e. The Morgan fingerprint density at radius 2 is 0.903 bits per heavy atom. The molecule has 0 spiro atoms. The molecule has 0 unspecified atom stereocenters. The van der Waals surface area contributed by atoms with E-state index in [-0.39, 0.29) is 64.2 Å². The molecular formula is C48H54O24. The number of aliphatic hydroxyl groups excluding tert-OH is 10. The topological polar surface area (TPSA) is 391 Å². The molecule has 4 aromatic carbocycles. The van der Waals surface area contributed by atoms with Gasteiger partial charge in [0, 0.05) is 24.3 Å². The van der Waals surface area contributed by atoms with Gasteiger partial charge in [-0.1, -0.05) is 24.3 Å². The van der Waals surface area contributed by atoms with E-state index in [1.165, 1.54) is 43.3 Å². The maximum atomic E-state index is 12.8. The molecule has 72 heavy (non-hydrogen) atoms. The van der Waals surface area contributed by atoms with Gasteiger partial charge in [-0.15, -0.1) is 0 Å². The summed E-state index contributed by atoms with van der Waals surface area (Å²) >= 11 is 0. The van der Waals surface area contributed by atoms with Crippen molar-refractivity contribution < 1.29 is 119 Å². The van der Waals surface area contributed by atoms with Gasteiger partial charge in [0.25, 0.3) is 0 Å². The number of hydrogen-bond donors (Lipinski definition) is 14. The van der Waals surface area contributed by atoms with Crippen molar-refractivity contribution in [3.05, 3.63) is 95.1 Å². The van der Waals surface area contributed by atoms with Crippen molar-refractivity contribution in [2.24, 2.45) is 0 Å². The summed E-state index contributed by atoms with van der Waals surface area (Å²) in [6.07, 6.45) is -23.7. The van der Waals surface area contributed by atoms with E-state index in [0.717, 1.165) is 12.1 Å². The molecule has 24 heteroatoms. The number of carbonyl (C=O) groups is 2. The number of aromatic hydroxyl groups is 4. The molecule has 14 N–H and O–H groups in total. The predicted octanol–water partition coefficient (Wildman–Crippen LogP) is -1.18. The monoisotopic (exact) mass is 1010 g/mol. The standard InChI is InChI=1S/C27H32O14.C21H22O10/c1-10-20(31)22(33)24(35)26(38-10)37-9-18-21(32)23(34)25(36)27(41-18)39-13-6-14(29)19-15(30)8-16(40-17(19)7-13)11-2-4-12(28)5-3-11;22-8-16-18(26)19(27)20(28)21(31-16)29-11-5-12(24)17-13(25)7-14(30-15(17)6-11)9-1-3-10(23)4-2-9/h2-7,10,16,18,20-29,31-36H,8-9H2,1H3;1-6,14,16,18-24,26-28H,7-8H2/t10-,16-,18+,20-,21+,22+,23-,24+,25+,26+,27+;14-,16+,18+,19-,20+,21+/m00/s1. The number of rotatable bonds is 10. The SMILES string of the molecule is C[C@@H]1O[C@@H](OC[C@H]2O[C@@H](Oc3cc(O)c4c(c3)O[C@H](c3ccc(O)cc3)CC4=O)[C@H](O)[C@@H](O)[C@@H]2O)[C@H](O)[C@H](O)[C@H]1O.O=C1C[C@@H](c2ccc(O)cc2)Oc2cc(O[C@@H]3O[C@H](CO)[C@@H](O)[C@H](O)[C@H]3O)cc(O)c21. The number of carbonyl (C=O) groups excluding carboxylic acids is 2. The molecule has 3 fully saturated rings. The van der Waals surface area contributed by atoms with Gasteiger partial charge < -0.3 is 109 Å². The molecule has 9 rings (SSSR count). The lowest BCUT2D eigenvalue weighted by Crippen LogP contribution is -2.61. The van der Waals surface area contributed by atoms with Gasteiger partial charge >= 0.3 is 0 Å². The van der Waals surface area contributed by atoms with Crippen LogP contribution in [0.1, 0.15) is 63.8 Å². The van der Waals surface area contributed by atoms with Crippen molar-refractivity contribution in [2.75, 3.05) is 13.2 Å². The molecular weight excluding hydrogens is 961 g/mol. The molecule has 24 nitrogen and oxygen atoms in total. The van der Waals surface area contributed by atoms with Crippen LogP contribution in [-0.4, -0.2) is 188 Å². The normalized spacial score (nSPS) is 34.3. The molecule has 5 heterocycles. The summed E-state index contributed by atoms with van der Waals surface area (Å²) in [7, 11) is 0. The minimum absolute atomic E-state index is 0.00149. The Morgan fingerprint density at radius 1 is 0.500 bits per heavy atom. The van der Waals surface area contributed by atoms with E-state index in [9.17, 15) is 81.1 Å². The van der Waals surface area contributed by atoms with Crippen molar-refractivity contribution in [1.29, 1.82) is 0 Å². The summed E-state index contributed by atoms with van der Waals surface area (Å²) in [5.41, 5.74) is 1.18. The Morgan fingerprint density at radius 3 is 1.35 bits per heavy atom. The minimum atomic E-state index is -1.76. The molecule has 4 aromatic rings. The van der Waals surface area contributed by atoms with Crippen LogP contribution < -0.4 is 18.9 Å². The fourth-order valence-electron chi connectivity index (χ4n) is 8.64. The molecule has 0 radical (unpaired) electrons. The van der Waals surface area contributed by atoms with Crippen LogP contribution in [-0.2, 0) is 18.9 Å². The lowest BCUT2D eigenvalue weighted by molar-refractivity contribution is -0.318. The third kappa shape index (κ3) is 10.9. The highest BCUT2D eigenvalue weighted by Gasteiger charge is 2.48. The van der Waals surface area contributed by atoms with E-state index < -0.39 is 135 Å². The highest BCUT2D eigenvalue weighted by atomic mass is 16.7. The van der Waals surface area contributed by atoms with Crippen molar-refractivity contribution in [3.8, 4) is 46.0 Å². The number of Topliss-reactive ketones (excluding diaryl/α,β-unsaturated/α-hetero) is 2. The van der Waals surface area contributed by atoms with Crippen molar-refractivity contribution >= 4 is 11.6 Å². The second kappa shape index (κ2) is 21.6. The first-order chi connectivity index (χ1) is 34.2. The van der Waals surface area contributed by atoms with Crippen LogP contribution in [0.5, 0.6) is 46.0 Å². The second-order valence-corrected chi connectivity index (χ2v) is 17.7. The van der Waals surface area contributed by atoms with Gasteiger partial charge in [0.05, 0.1) is 32.2 Å². The van der Waals surface area contributed by atoms with Gasteiger partial charge in [-0.05, 0) is 42.3 Å². The van der Waals surface area contributed by atoms with E-state index in [1.54, 1.807) is 24.3 Å². The minimum Gasteiger partial charge on any atom is -0.508 e. The van der Waals surface area contributed by atoms with Crippen molar-refractivity contribution in [1.82, 2.24) is 0 Å². The van der Waals surface area contributed by atoms with Crippen molar-refractivity contribution in [2.45, 2.75) is 124 Å². The average molecular weight is 1010 g/mol. The number of fused-ring (bicyclic) bond motifs is 2. The van der Waals surface area contributed by atoms with E-state index in [0.29, 0.717) is 11.1 Å². The number of benzene rings is 4. The van der Waals surface area contributed by atoms with Crippen LogP contribution in [0.2, 0.25) is 0 Å². The first kappa shape index (κ1) is 52.4. The molecule has 0 bridgehead atoms. The molecule has 0 amide bonds. The van der Waals surface area contributed by atoms with E-state index in [2.05, 4.69) is 0 Å². The Bertz CT molecular complexity index is 2540. The largest absolute Gasteiger partial charge is 0.508 e. The fourth-order valence-corrected chi connectivity index (χ4v) is 8.64. The molecule has 17 atom stereocenters. The number of ketones is 2. The molecule has 5 aliphatic rings. The van der Waals surface area contributed by atoms with Crippen LogP contribution in [0.15, 0.2) is 72.8 Å². The summed E-state index contributed by atoms with van der Waals surface area (Å²) in [6.45, 7) is 0.361. The number of aliphatic hydroxyl groups is 10. The van der Waals surface area contributed by atoms with Gasteiger partial charge in [-0.25, -0.2) is 0 Å².